The summed E-state index contributed by atoms with van der Waals surface area (Å²) in [6.45, 7) is 12.4. The molecule has 190 valence electrons. The van der Waals surface area contributed by atoms with E-state index >= 15 is 0 Å². The van der Waals surface area contributed by atoms with E-state index in [1.54, 1.807) is 14.2 Å². The molecular weight excluding hydrogens is 408 g/mol. The molecule has 0 aromatic carbocycles. The molecule has 0 aromatic heterocycles. The summed E-state index contributed by atoms with van der Waals surface area (Å²) < 4.78 is 21.8. The Bertz CT molecular complexity index is 468. The quantitative estimate of drug-likeness (QED) is 0.172. The highest BCUT2D eigenvalue weighted by Gasteiger charge is 2.29. The summed E-state index contributed by atoms with van der Waals surface area (Å²) in [5.74, 6) is -0.222. The van der Waals surface area contributed by atoms with Crippen LogP contribution in [0.4, 0.5) is 0 Å². The van der Waals surface area contributed by atoms with E-state index in [0.29, 0.717) is 13.2 Å². The van der Waals surface area contributed by atoms with Gasteiger partial charge in [0.05, 0.1) is 36.3 Å². The molecule has 0 aliphatic heterocycles. The number of rotatable bonds is 19. The van der Waals surface area contributed by atoms with Gasteiger partial charge in [-0.15, -0.1) is 0 Å². The van der Waals surface area contributed by atoms with Crippen LogP contribution in [-0.2, 0) is 28.5 Å². The van der Waals surface area contributed by atoms with Crippen molar-refractivity contribution in [3.05, 3.63) is 0 Å². The molecule has 0 spiro atoms. The summed E-state index contributed by atoms with van der Waals surface area (Å²) in [7, 11) is 3.50. The maximum absolute atomic E-state index is 12.0. The average Bonchev–Trinajstić information content (AvgIpc) is 2.74. The number of unbranched alkanes of at least 4 members (excludes halogenated alkanes) is 4. The minimum atomic E-state index is -0.423. The van der Waals surface area contributed by atoms with Crippen LogP contribution in [0.25, 0.3) is 0 Å². The van der Waals surface area contributed by atoms with Crippen LogP contribution in [-0.4, -0.2) is 51.6 Å². The molecule has 0 rings (SSSR count). The topological polar surface area (TPSA) is 71.1 Å². The van der Waals surface area contributed by atoms with Crippen LogP contribution in [0.3, 0.4) is 0 Å². The number of methoxy groups -OCH3 is 2. The summed E-state index contributed by atoms with van der Waals surface area (Å²) in [5.41, 5.74) is -0.846. The van der Waals surface area contributed by atoms with E-state index in [1.807, 2.05) is 41.5 Å². The molecule has 0 fully saturated rings. The molecule has 6 heteroatoms. The fourth-order valence-electron chi connectivity index (χ4n) is 3.95. The van der Waals surface area contributed by atoms with Gasteiger partial charge in [-0.2, -0.15) is 0 Å². The fourth-order valence-corrected chi connectivity index (χ4v) is 3.95. The molecule has 0 amide bonds. The monoisotopic (exact) mass is 458 g/mol. The van der Waals surface area contributed by atoms with Gasteiger partial charge in [-0.05, 0) is 67.2 Å². The largest absolute Gasteiger partial charge is 0.466 e. The second-order valence-corrected chi connectivity index (χ2v) is 9.96. The Hall–Kier alpha value is -1.14. The third kappa shape index (κ3) is 12.2. The van der Waals surface area contributed by atoms with Crippen molar-refractivity contribution < 1.29 is 28.5 Å². The van der Waals surface area contributed by atoms with E-state index in [0.717, 1.165) is 64.2 Å². The number of carbonyl (C=O) groups excluding carboxylic acids is 2. The molecule has 0 radical (unpaired) electrons. The third-order valence-corrected chi connectivity index (χ3v) is 6.26. The summed E-state index contributed by atoms with van der Waals surface area (Å²) in [4.78, 5) is 24.0. The van der Waals surface area contributed by atoms with Gasteiger partial charge in [0.2, 0.25) is 0 Å². The minimum absolute atomic E-state index is 0.0778. The molecule has 0 heterocycles. The number of hydrogen-bond acceptors (Lipinski definition) is 6. The van der Waals surface area contributed by atoms with Gasteiger partial charge in [-0.1, -0.05) is 38.5 Å². The lowest BCUT2D eigenvalue weighted by molar-refractivity contribution is -0.154. The lowest BCUT2D eigenvalue weighted by Gasteiger charge is -2.26. The first kappa shape index (κ1) is 30.9. The Morgan fingerprint density at radius 1 is 0.625 bits per heavy atom. The number of hydrogen-bond donors (Lipinski definition) is 0. The van der Waals surface area contributed by atoms with Crippen LogP contribution >= 0.6 is 0 Å². The lowest BCUT2D eigenvalue weighted by Crippen LogP contribution is -2.30. The van der Waals surface area contributed by atoms with E-state index in [2.05, 4.69) is 0 Å². The highest BCUT2D eigenvalue weighted by atomic mass is 16.5. The molecule has 0 saturated heterocycles. The van der Waals surface area contributed by atoms with E-state index in [1.165, 1.54) is 0 Å². The van der Waals surface area contributed by atoms with E-state index in [9.17, 15) is 9.59 Å². The van der Waals surface area contributed by atoms with Gasteiger partial charge in [-0.25, -0.2) is 0 Å². The summed E-state index contributed by atoms with van der Waals surface area (Å²) >= 11 is 0. The van der Waals surface area contributed by atoms with E-state index < -0.39 is 10.8 Å². The molecule has 2 atom stereocenters. The fraction of sp³-hybridized carbons (Fsp3) is 0.923. The van der Waals surface area contributed by atoms with Gasteiger partial charge in [-0.3, -0.25) is 9.59 Å². The molecule has 32 heavy (non-hydrogen) atoms. The first-order chi connectivity index (χ1) is 15.1. The Balaban J connectivity index is 4.23. The van der Waals surface area contributed by atoms with E-state index in [-0.39, 0.29) is 24.1 Å². The van der Waals surface area contributed by atoms with Crippen LogP contribution in [0.15, 0.2) is 0 Å². The van der Waals surface area contributed by atoms with Crippen molar-refractivity contribution in [3.63, 3.8) is 0 Å². The van der Waals surface area contributed by atoms with Crippen molar-refractivity contribution >= 4 is 11.9 Å². The normalized spacial score (nSPS) is 14.1. The smallest absolute Gasteiger partial charge is 0.311 e. The maximum Gasteiger partial charge on any atom is 0.311 e. The molecule has 0 aliphatic carbocycles. The first-order valence-corrected chi connectivity index (χ1v) is 12.5. The Morgan fingerprint density at radius 3 is 1.25 bits per heavy atom. The Morgan fingerprint density at radius 2 is 0.969 bits per heavy atom. The van der Waals surface area contributed by atoms with Crippen LogP contribution < -0.4 is 0 Å². The zero-order valence-corrected chi connectivity index (χ0v) is 22.1. The van der Waals surface area contributed by atoms with Crippen molar-refractivity contribution in [2.24, 2.45) is 10.8 Å². The van der Waals surface area contributed by atoms with Crippen molar-refractivity contribution in [3.8, 4) is 0 Å². The molecule has 0 saturated carbocycles. The first-order valence-electron chi connectivity index (χ1n) is 12.5. The highest BCUT2D eigenvalue weighted by molar-refractivity contribution is 5.76. The van der Waals surface area contributed by atoms with Gasteiger partial charge < -0.3 is 18.9 Å². The molecular formula is C26H50O6. The van der Waals surface area contributed by atoms with Crippen molar-refractivity contribution in [2.45, 2.75) is 118 Å². The van der Waals surface area contributed by atoms with Crippen molar-refractivity contribution in [1.29, 1.82) is 0 Å². The summed E-state index contributed by atoms with van der Waals surface area (Å²) in [6.07, 6.45) is 9.92. The second-order valence-electron chi connectivity index (χ2n) is 9.96. The number of esters is 2. The Kier molecular flexibility index (Phi) is 15.9. The third-order valence-electron chi connectivity index (χ3n) is 6.26. The van der Waals surface area contributed by atoms with Gasteiger partial charge in [0, 0.05) is 14.2 Å². The molecule has 0 aromatic rings. The van der Waals surface area contributed by atoms with Crippen LogP contribution in [0.2, 0.25) is 0 Å². The van der Waals surface area contributed by atoms with Gasteiger partial charge >= 0.3 is 11.9 Å². The van der Waals surface area contributed by atoms with Gasteiger partial charge in [0.25, 0.3) is 0 Å². The highest BCUT2D eigenvalue weighted by Crippen LogP contribution is 2.28. The van der Waals surface area contributed by atoms with Crippen LogP contribution in [0.5, 0.6) is 0 Å². The van der Waals surface area contributed by atoms with Crippen molar-refractivity contribution in [2.75, 3.05) is 27.4 Å². The van der Waals surface area contributed by atoms with Crippen LogP contribution in [0.1, 0.15) is 106 Å². The summed E-state index contributed by atoms with van der Waals surface area (Å²) in [6, 6.07) is 0. The Labute approximate surface area is 197 Å². The maximum atomic E-state index is 12.0. The number of ether oxygens (including phenoxy) is 4. The second kappa shape index (κ2) is 16.5. The summed E-state index contributed by atoms with van der Waals surface area (Å²) in [5, 5.41) is 0. The van der Waals surface area contributed by atoms with E-state index in [4.69, 9.17) is 18.9 Å². The molecule has 6 nitrogen and oxygen atoms in total. The lowest BCUT2D eigenvalue weighted by atomic mass is 9.86. The minimum Gasteiger partial charge on any atom is -0.466 e. The van der Waals surface area contributed by atoms with Crippen LogP contribution in [0, 0.1) is 10.8 Å². The van der Waals surface area contributed by atoms with Gasteiger partial charge in [0.1, 0.15) is 0 Å². The van der Waals surface area contributed by atoms with Gasteiger partial charge in [0.15, 0.2) is 0 Å². The predicted octanol–water partition coefficient (Wildman–Crippen LogP) is 6.10. The SMILES string of the molecule is CCOC(=O)C(C)(C)CCCCC[C@H](OC)[C@@H](CCCCCC(C)(C)C(=O)OCC)OC. The zero-order valence-electron chi connectivity index (χ0n) is 22.1. The molecule has 0 unspecified atom stereocenters. The predicted molar refractivity (Wildman–Crippen MR) is 129 cm³/mol. The molecule has 0 aliphatic rings. The zero-order chi connectivity index (χ0) is 24.6. The van der Waals surface area contributed by atoms with Crippen molar-refractivity contribution in [1.82, 2.24) is 0 Å². The molecule has 0 bridgehead atoms. The standard InChI is InChI=1S/C26H50O6/c1-9-31-23(27)25(3,4)19-15-11-13-17-21(29-7)22(30-8)18-14-12-16-20-26(5,6)24(28)32-10-2/h21-22H,9-20H2,1-8H3/t21-,22+. The molecule has 0 N–H and O–H groups in total. The number of carbonyl (C=O) groups is 2. The average molecular weight is 459 g/mol.